The highest BCUT2D eigenvalue weighted by Gasteiger charge is 2.33. The minimum atomic E-state index is -0.475. The molecule has 0 aliphatic heterocycles. The highest BCUT2D eigenvalue weighted by atomic mass is 35.5. The molecule has 0 fully saturated rings. The fourth-order valence-corrected chi connectivity index (χ4v) is 2.91. The summed E-state index contributed by atoms with van der Waals surface area (Å²) in [5.41, 5.74) is 6.38. The number of carbonyl (C=O) groups is 1. The van der Waals surface area contributed by atoms with Gasteiger partial charge in [-0.3, -0.25) is 4.79 Å². The lowest BCUT2D eigenvalue weighted by Gasteiger charge is -2.31. The minimum absolute atomic E-state index is 0. The Hall–Kier alpha value is -0.520. The van der Waals surface area contributed by atoms with Crippen molar-refractivity contribution in [1.29, 1.82) is 0 Å². The predicted molar refractivity (Wildman–Crippen MR) is 107 cm³/mol. The van der Waals surface area contributed by atoms with Crippen molar-refractivity contribution in [2.45, 2.75) is 32.7 Å². The fourth-order valence-electron chi connectivity index (χ4n) is 2.65. The second-order valence-electron chi connectivity index (χ2n) is 5.90. The second-order valence-corrected chi connectivity index (χ2v) is 6.31. The van der Waals surface area contributed by atoms with E-state index in [4.69, 9.17) is 17.3 Å². The number of rotatable bonds is 8. The summed E-state index contributed by atoms with van der Waals surface area (Å²) in [6, 6.07) is 7.76. The van der Waals surface area contributed by atoms with Crippen LogP contribution in [0.5, 0.6) is 0 Å². The van der Waals surface area contributed by atoms with E-state index in [0.717, 1.165) is 18.4 Å². The van der Waals surface area contributed by atoms with Gasteiger partial charge < -0.3 is 16.0 Å². The summed E-state index contributed by atoms with van der Waals surface area (Å²) in [4.78, 5) is 14.6. The van der Waals surface area contributed by atoms with Crippen molar-refractivity contribution in [3.63, 3.8) is 0 Å². The molecule has 0 heterocycles. The number of likely N-dealkylation sites (N-methyl/N-ethyl adjacent to an activating group) is 1. The van der Waals surface area contributed by atoms with Gasteiger partial charge in [-0.15, -0.1) is 24.8 Å². The number of hydrogen-bond acceptors (Lipinski definition) is 3. The molecule has 1 aromatic rings. The largest absolute Gasteiger partial charge is 0.354 e. The lowest BCUT2D eigenvalue weighted by atomic mass is 9.81. The van der Waals surface area contributed by atoms with Gasteiger partial charge in [0.05, 0.1) is 11.5 Å². The Labute approximate surface area is 163 Å². The van der Waals surface area contributed by atoms with Crippen molar-refractivity contribution in [2.24, 2.45) is 11.1 Å². The summed E-state index contributed by atoms with van der Waals surface area (Å²) in [6.07, 6.45) is 1.48. The molecule has 0 saturated carbocycles. The molecular weight excluding hydrogens is 369 g/mol. The van der Waals surface area contributed by atoms with Crippen LogP contribution < -0.4 is 11.1 Å². The highest BCUT2D eigenvalue weighted by Crippen LogP contribution is 2.27. The third-order valence-corrected chi connectivity index (χ3v) is 4.91. The molecule has 0 spiro atoms. The smallest absolute Gasteiger partial charge is 0.227 e. The van der Waals surface area contributed by atoms with Crippen LogP contribution in [0.2, 0.25) is 5.02 Å². The van der Waals surface area contributed by atoms with Gasteiger partial charge in [0.1, 0.15) is 0 Å². The Balaban J connectivity index is 0. The van der Waals surface area contributed by atoms with Gasteiger partial charge in [-0.05, 0) is 38.6 Å². The van der Waals surface area contributed by atoms with Crippen LogP contribution in [0.3, 0.4) is 0 Å². The maximum Gasteiger partial charge on any atom is 0.227 e. The molecule has 4 nitrogen and oxygen atoms in total. The van der Waals surface area contributed by atoms with Gasteiger partial charge in [-0.1, -0.05) is 43.6 Å². The zero-order valence-electron chi connectivity index (χ0n) is 14.8. The SMILES string of the molecule is CCC(CC)(CN)C(=O)NCC(c1ccccc1Cl)N(C)C.Cl.Cl. The fraction of sp³-hybridized carbons (Fsp3) is 0.588. The quantitative estimate of drug-likeness (QED) is 0.702. The molecule has 140 valence electrons. The molecule has 7 heteroatoms. The van der Waals surface area contributed by atoms with E-state index in [0.29, 0.717) is 18.1 Å². The van der Waals surface area contributed by atoms with E-state index in [1.54, 1.807) is 0 Å². The van der Waals surface area contributed by atoms with Gasteiger partial charge in [0.15, 0.2) is 0 Å². The lowest BCUT2D eigenvalue weighted by Crippen LogP contribution is -2.47. The van der Waals surface area contributed by atoms with E-state index in [9.17, 15) is 4.79 Å². The van der Waals surface area contributed by atoms with Gasteiger partial charge in [0.25, 0.3) is 0 Å². The van der Waals surface area contributed by atoms with Crippen molar-refractivity contribution < 1.29 is 4.79 Å². The van der Waals surface area contributed by atoms with E-state index >= 15 is 0 Å². The Bertz CT molecular complexity index is 485. The molecule has 1 atom stereocenters. The molecule has 0 bridgehead atoms. The summed E-state index contributed by atoms with van der Waals surface area (Å²) >= 11 is 6.29. The molecule has 1 rings (SSSR count). The number of amides is 1. The molecule has 1 aromatic carbocycles. The summed E-state index contributed by atoms with van der Waals surface area (Å²) in [6.45, 7) is 4.89. The monoisotopic (exact) mass is 397 g/mol. The van der Waals surface area contributed by atoms with E-state index in [1.165, 1.54) is 0 Å². The number of benzene rings is 1. The molecule has 0 aromatic heterocycles. The summed E-state index contributed by atoms with van der Waals surface area (Å²) in [7, 11) is 3.96. The van der Waals surface area contributed by atoms with Crippen molar-refractivity contribution >= 4 is 42.3 Å². The molecule has 0 aliphatic carbocycles. The van der Waals surface area contributed by atoms with Crippen LogP contribution in [0.15, 0.2) is 24.3 Å². The van der Waals surface area contributed by atoms with Crippen molar-refractivity contribution in [3.05, 3.63) is 34.9 Å². The van der Waals surface area contributed by atoms with E-state index in [1.807, 2.05) is 52.2 Å². The Morgan fingerprint density at radius 3 is 2.21 bits per heavy atom. The molecule has 0 aliphatic rings. The number of nitrogens with two attached hydrogens (primary N) is 1. The van der Waals surface area contributed by atoms with Crippen LogP contribution in [0.1, 0.15) is 38.3 Å². The highest BCUT2D eigenvalue weighted by molar-refractivity contribution is 6.31. The van der Waals surface area contributed by atoms with E-state index in [2.05, 4.69) is 10.2 Å². The van der Waals surface area contributed by atoms with Crippen LogP contribution in [0.4, 0.5) is 0 Å². The lowest BCUT2D eigenvalue weighted by molar-refractivity contribution is -0.131. The molecule has 3 N–H and O–H groups in total. The number of halogens is 3. The topological polar surface area (TPSA) is 58.4 Å². The summed E-state index contributed by atoms with van der Waals surface area (Å²) in [5.74, 6) is 0.0268. The predicted octanol–water partition coefficient (Wildman–Crippen LogP) is 3.67. The van der Waals surface area contributed by atoms with Crippen LogP contribution >= 0.6 is 36.4 Å². The molecule has 1 unspecified atom stereocenters. The van der Waals surface area contributed by atoms with Gasteiger partial charge in [-0.2, -0.15) is 0 Å². The number of nitrogens with zero attached hydrogens (tertiary/aromatic N) is 1. The van der Waals surface area contributed by atoms with Crippen molar-refractivity contribution in [1.82, 2.24) is 10.2 Å². The van der Waals surface area contributed by atoms with Crippen LogP contribution in [0, 0.1) is 5.41 Å². The molecular formula is C17H30Cl3N3O. The van der Waals surface area contributed by atoms with Gasteiger partial charge in [0.2, 0.25) is 5.91 Å². The first kappa shape index (κ1) is 25.7. The molecule has 0 saturated heterocycles. The van der Waals surface area contributed by atoms with Gasteiger partial charge in [0, 0.05) is 18.1 Å². The van der Waals surface area contributed by atoms with E-state index < -0.39 is 5.41 Å². The minimum Gasteiger partial charge on any atom is -0.354 e. The van der Waals surface area contributed by atoms with Gasteiger partial charge >= 0.3 is 0 Å². The zero-order valence-corrected chi connectivity index (χ0v) is 17.2. The maximum absolute atomic E-state index is 12.6. The van der Waals surface area contributed by atoms with Crippen molar-refractivity contribution in [3.8, 4) is 0 Å². The van der Waals surface area contributed by atoms with Crippen LogP contribution in [-0.2, 0) is 4.79 Å². The Morgan fingerprint density at radius 1 is 1.25 bits per heavy atom. The average Bonchev–Trinajstić information content (AvgIpc) is 2.51. The third kappa shape index (κ3) is 6.08. The van der Waals surface area contributed by atoms with Crippen LogP contribution in [0.25, 0.3) is 0 Å². The Kier molecular flexibility index (Phi) is 12.8. The normalized spacial score (nSPS) is 12.1. The second kappa shape index (κ2) is 11.9. The standard InChI is InChI=1S/C17H28ClN3O.2ClH/c1-5-17(6-2,12-19)16(22)20-11-15(21(3)4)13-9-7-8-10-14(13)18;;/h7-10,15H,5-6,11-12,19H2,1-4H3,(H,20,22);2*1H. The molecule has 1 amide bonds. The summed E-state index contributed by atoms with van der Waals surface area (Å²) < 4.78 is 0. The number of hydrogen-bond donors (Lipinski definition) is 2. The first-order chi connectivity index (χ1) is 10.4. The summed E-state index contributed by atoms with van der Waals surface area (Å²) in [5, 5.41) is 3.78. The Morgan fingerprint density at radius 2 is 1.79 bits per heavy atom. The van der Waals surface area contributed by atoms with Crippen molar-refractivity contribution in [2.75, 3.05) is 27.2 Å². The molecule has 24 heavy (non-hydrogen) atoms. The van der Waals surface area contributed by atoms with Gasteiger partial charge in [-0.25, -0.2) is 0 Å². The number of nitrogens with one attached hydrogen (secondary N) is 1. The maximum atomic E-state index is 12.6. The third-order valence-electron chi connectivity index (χ3n) is 4.57. The number of carbonyl (C=O) groups excluding carboxylic acids is 1. The zero-order chi connectivity index (χ0) is 16.8. The molecule has 0 radical (unpaired) electrons. The van der Waals surface area contributed by atoms with Crippen LogP contribution in [-0.4, -0.2) is 38.0 Å². The first-order valence-electron chi connectivity index (χ1n) is 7.81. The van der Waals surface area contributed by atoms with E-state index in [-0.39, 0.29) is 36.8 Å². The first-order valence-corrected chi connectivity index (χ1v) is 8.18. The average molecular weight is 399 g/mol.